The van der Waals surface area contributed by atoms with Gasteiger partial charge >= 0.3 is 6.03 Å². The smallest absolute Gasteiger partial charge is 0.315 e. The number of hydrogen-bond acceptors (Lipinski definition) is 3. The van der Waals surface area contributed by atoms with Gasteiger partial charge in [-0.2, -0.15) is 0 Å². The molecule has 0 heterocycles. The van der Waals surface area contributed by atoms with Crippen molar-refractivity contribution >= 4 is 22.0 Å². The highest BCUT2D eigenvalue weighted by atomic mass is 79.9. The zero-order valence-corrected chi connectivity index (χ0v) is 13.1. The molecule has 3 N–H and O–H groups in total. The summed E-state index contributed by atoms with van der Waals surface area (Å²) < 4.78 is 6.48. The van der Waals surface area contributed by atoms with Gasteiger partial charge in [0.2, 0.25) is 0 Å². The van der Waals surface area contributed by atoms with Crippen LogP contribution in [-0.4, -0.2) is 36.9 Å². The molecule has 1 aromatic rings. The molecule has 1 rings (SSSR count). The SMILES string of the molecule is CCC(CCO)NC(=O)NCCOc1ccc(Br)cc1. The van der Waals surface area contributed by atoms with E-state index in [4.69, 9.17) is 9.84 Å². The third-order valence-corrected chi connectivity index (χ3v) is 3.30. The van der Waals surface area contributed by atoms with E-state index in [1.54, 1.807) is 0 Å². The fraction of sp³-hybridized carbons (Fsp3) is 0.500. The lowest BCUT2D eigenvalue weighted by Crippen LogP contribution is -2.43. The number of carbonyl (C=O) groups is 1. The summed E-state index contributed by atoms with van der Waals surface area (Å²) in [6.45, 7) is 2.88. The number of benzene rings is 1. The molecule has 0 saturated heterocycles. The fourth-order valence-electron chi connectivity index (χ4n) is 1.63. The number of carbonyl (C=O) groups excluding carboxylic acids is 1. The van der Waals surface area contributed by atoms with Crippen molar-refractivity contribution in [3.05, 3.63) is 28.7 Å². The van der Waals surface area contributed by atoms with Crippen LogP contribution < -0.4 is 15.4 Å². The Balaban J connectivity index is 2.17. The molecular formula is C14H21BrN2O3. The molecule has 0 aromatic heterocycles. The highest BCUT2D eigenvalue weighted by molar-refractivity contribution is 9.10. The van der Waals surface area contributed by atoms with E-state index in [2.05, 4.69) is 26.6 Å². The van der Waals surface area contributed by atoms with Crippen LogP contribution in [0.2, 0.25) is 0 Å². The number of aliphatic hydroxyl groups is 1. The van der Waals surface area contributed by atoms with Crippen LogP contribution in [0.15, 0.2) is 28.7 Å². The third-order valence-electron chi connectivity index (χ3n) is 2.78. The van der Waals surface area contributed by atoms with Crippen LogP contribution in [0.1, 0.15) is 19.8 Å². The zero-order valence-electron chi connectivity index (χ0n) is 11.6. The average molecular weight is 345 g/mol. The van der Waals surface area contributed by atoms with E-state index >= 15 is 0 Å². The summed E-state index contributed by atoms with van der Waals surface area (Å²) in [4.78, 5) is 11.6. The molecule has 1 atom stereocenters. The second-order valence-corrected chi connectivity index (χ2v) is 5.24. The first-order valence-corrected chi connectivity index (χ1v) is 7.48. The standard InChI is InChI=1S/C14H21BrN2O3/c1-2-12(7-9-18)17-14(19)16-8-10-20-13-5-3-11(15)4-6-13/h3-6,12,18H,2,7-10H2,1H3,(H2,16,17,19). The summed E-state index contributed by atoms with van der Waals surface area (Å²) in [5, 5.41) is 14.4. The van der Waals surface area contributed by atoms with Crippen molar-refractivity contribution in [3.8, 4) is 5.75 Å². The van der Waals surface area contributed by atoms with Gasteiger partial charge in [0.25, 0.3) is 0 Å². The Morgan fingerprint density at radius 3 is 2.70 bits per heavy atom. The molecule has 2 amide bonds. The van der Waals surface area contributed by atoms with Gasteiger partial charge in [-0.15, -0.1) is 0 Å². The number of rotatable bonds is 8. The van der Waals surface area contributed by atoms with Gasteiger partial charge in [-0.05, 0) is 37.1 Å². The molecule has 0 aliphatic carbocycles. The highest BCUT2D eigenvalue weighted by Gasteiger charge is 2.08. The van der Waals surface area contributed by atoms with Gasteiger partial charge in [0, 0.05) is 17.1 Å². The van der Waals surface area contributed by atoms with Crippen molar-refractivity contribution in [1.29, 1.82) is 0 Å². The van der Waals surface area contributed by atoms with Gasteiger partial charge in [-0.25, -0.2) is 4.79 Å². The minimum absolute atomic E-state index is 0.00684. The van der Waals surface area contributed by atoms with Crippen molar-refractivity contribution in [2.75, 3.05) is 19.8 Å². The van der Waals surface area contributed by atoms with Gasteiger partial charge in [0.1, 0.15) is 12.4 Å². The van der Waals surface area contributed by atoms with Gasteiger partial charge in [0.15, 0.2) is 0 Å². The molecule has 0 bridgehead atoms. The quantitative estimate of drug-likeness (QED) is 0.633. The Hall–Kier alpha value is -1.27. The number of ether oxygens (including phenoxy) is 1. The van der Waals surface area contributed by atoms with Crippen LogP contribution >= 0.6 is 15.9 Å². The minimum atomic E-state index is -0.232. The summed E-state index contributed by atoms with van der Waals surface area (Å²) in [6, 6.07) is 7.29. The number of halogens is 1. The zero-order chi connectivity index (χ0) is 14.8. The lowest BCUT2D eigenvalue weighted by molar-refractivity contribution is 0.224. The highest BCUT2D eigenvalue weighted by Crippen LogP contribution is 2.15. The summed E-state index contributed by atoms with van der Waals surface area (Å²) in [5.41, 5.74) is 0. The second-order valence-electron chi connectivity index (χ2n) is 4.32. The van der Waals surface area contributed by atoms with Crippen LogP contribution in [-0.2, 0) is 0 Å². The molecule has 5 nitrogen and oxygen atoms in total. The first-order chi connectivity index (χ1) is 9.65. The lowest BCUT2D eigenvalue weighted by atomic mass is 10.2. The Morgan fingerprint density at radius 2 is 2.10 bits per heavy atom. The Labute approximate surface area is 127 Å². The molecule has 0 aliphatic heterocycles. The van der Waals surface area contributed by atoms with E-state index in [-0.39, 0.29) is 18.7 Å². The Bertz CT molecular complexity index is 398. The summed E-state index contributed by atoms with van der Waals surface area (Å²) in [6.07, 6.45) is 1.36. The minimum Gasteiger partial charge on any atom is -0.492 e. The third kappa shape index (κ3) is 6.77. The van der Waals surface area contributed by atoms with E-state index < -0.39 is 0 Å². The molecule has 0 aliphatic rings. The summed E-state index contributed by atoms with van der Waals surface area (Å²) >= 11 is 3.35. The molecule has 0 spiro atoms. The van der Waals surface area contributed by atoms with E-state index in [1.807, 2.05) is 31.2 Å². The molecule has 0 radical (unpaired) electrons. The van der Waals surface area contributed by atoms with Crippen LogP contribution in [0.3, 0.4) is 0 Å². The van der Waals surface area contributed by atoms with Crippen molar-refractivity contribution in [1.82, 2.24) is 10.6 Å². The van der Waals surface area contributed by atoms with Crippen LogP contribution in [0.4, 0.5) is 4.79 Å². The maximum atomic E-state index is 11.6. The Morgan fingerprint density at radius 1 is 1.40 bits per heavy atom. The van der Waals surface area contributed by atoms with E-state index in [9.17, 15) is 4.79 Å². The van der Waals surface area contributed by atoms with Crippen molar-refractivity contribution < 1.29 is 14.6 Å². The molecule has 6 heteroatoms. The number of hydrogen-bond donors (Lipinski definition) is 3. The van der Waals surface area contributed by atoms with Gasteiger partial charge in [-0.3, -0.25) is 0 Å². The van der Waals surface area contributed by atoms with Crippen LogP contribution in [0, 0.1) is 0 Å². The number of amides is 2. The maximum Gasteiger partial charge on any atom is 0.315 e. The van der Waals surface area contributed by atoms with Crippen LogP contribution in [0.25, 0.3) is 0 Å². The molecule has 20 heavy (non-hydrogen) atoms. The van der Waals surface area contributed by atoms with Crippen molar-refractivity contribution in [3.63, 3.8) is 0 Å². The molecule has 0 fully saturated rings. The first-order valence-electron chi connectivity index (χ1n) is 6.69. The van der Waals surface area contributed by atoms with E-state index in [0.29, 0.717) is 19.6 Å². The Kier molecular flexibility index (Phi) is 8.06. The number of nitrogens with one attached hydrogen (secondary N) is 2. The molecule has 0 saturated carbocycles. The largest absolute Gasteiger partial charge is 0.492 e. The first kappa shape index (κ1) is 16.8. The molecule has 112 valence electrons. The normalized spacial score (nSPS) is 11.8. The van der Waals surface area contributed by atoms with E-state index in [0.717, 1.165) is 16.6 Å². The van der Waals surface area contributed by atoms with Gasteiger partial charge in [-0.1, -0.05) is 22.9 Å². The fourth-order valence-corrected chi connectivity index (χ4v) is 1.90. The van der Waals surface area contributed by atoms with Crippen LogP contribution in [0.5, 0.6) is 5.75 Å². The van der Waals surface area contributed by atoms with E-state index in [1.165, 1.54) is 0 Å². The van der Waals surface area contributed by atoms with Gasteiger partial charge in [0.05, 0.1) is 6.54 Å². The molecule has 1 unspecified atom stereocenters. The molecular weight excluding hydrogens is 324 g/mol. The van der Waals surface area contributed by atoms with Gasteiger partial charge < -0.3 is 20.5 Å². The number of urea groups is 1. The second kappa shape index (κ2) is 9.61. The lowest BCUT2D eigenvalue weighted by Gasteiger charge is -2.16. The maximum absolute atomic E-state index is 11.6. The number of aliphatic hydroxyl groups excluding tert-OH is 1. The summed E-state index contributed by atoms with van der Waals surface area (Å²) in [7, 11) is 0. The topological polar surface area (TPSA) is 70.6 Å². The summed E-state index contributed by atoms with van der Waals surface area (Å²) in [5.74, 6) is 0.766. The predicted octanol–water partition coefficient (Wildman–Crippen LogP) is 2.29. The molecule has 1 aromatic carbocycles. The van der Waals surface area contributed by atoms with Crippen molar-refractivity contribution in [2.45, 2.75) is 25.8 Å². The average Bonchev–Trinajstić information content (AvgIpc) is 2.45. The monoisotopic (exact) mass is 344 g/mol. The van der Waals surface area contributed by atoms with Crippen molar-refractivity contribution in [2.24, 2.45) is 0 Å². The predicted molar refractivity (Wildman–Crippen MR) is 82.0 cm³/mol.